The molecule has 4 heterocycles. The fourth-order valence-electron chi connectivity index (χ4n) is 3.59. The largest absolute Gasteiger partial charge is 0.382 e. The second-order valence-electron chi connectivity index (χ2n) is 7.02. The fraction of sp³-hybridized carbons (Fsp3) is 0.500. The first kappa shape index (κ1) is 17.8. The van der Waals surface area contributed by atoms with Crippen LogP contribution < -0.4 is 10.6 Å². The average Bonchev–Trinajstić information content (AvgIpc) is 3.09. The van der Waals surface area contributed by atoms with E-state index < -0.39 is 0 Å². The van der Waals surface area contributed by atoms with Crippen LogP contribution in [0, 0.1) is 12.3 Å². The summed E-state index contributed by atoms with van der Waals surface area (Å²) >= 11 is 7.70. The van der Waals surface area contributed by atoms with E-state index in [0.29, 0.717) is 16.3 Å². The van der Waals surface area contributed by atoms with Crippen molar-refractivity contribution in [2.45, 2.75) is 36.1 Å². The third-order valence-corrected chi connectivity index (χ3v) is 6.97. The highest BCUT2D eigenvalue weighted by molar-refractivity contribution is 7.99. The number of anilines is 2. The molecule has 2 aliphatic rings. The molecule has 0 aromatic carbocycles. The van der Waals surface area contributed by atoms with Crippen LogP contribution in [0.3, 0.4) is 0 Å². The van der Waals surface area contributed by atoms with Gasteiger partial charge in [-0.15, -0.1) is 0 Å². The second kappa shape index (κ2) is 7.21. The number of piperidine rings is 1. The highest BCUT2D eigenvalue weighted by atomic mass is 35.5. The topological polar surface area (TPSA) is 77.2 Å². The lowest BCUT2D eigenvalue weighted by atomic mass is 9.78. The van der Waals surface area contributed by atoms with E-state index in [1.807, 2.05) is 19.2 Å². The van der Waals surface area contributed by atoms with Crippen LogP contribution in [-0.2, 0) is 4.74 Å². The van der Waals surface area contributed by atoms with Crippen molar-refractivity contribution in [3.63, 3.8) is 0 Å². The Morgan fingerprint density at radius 2 is 2.08 bits per heavy atom. The van der Waals surface area contributed by atoms with E-state index in [1.54, 1.807) is 6.20 Å². The summed E-state index contributed by atoms with van der Waals surface area (Å²) in [4.78, 5) is 16.6. The molecule has 2 aromatic rings. The Balaban J connectivity index is 1.47. The molecule has 2 N–H and O–H groups in total. The van der Waals surface area contributed by atoms with Crippen molar-refractivity contribution in [2.24, 2.45) is 5.41 Å². The van der Waals surface area contributed by atoms with Crippen LogP contribution in [-0.4, -0.2) is 41.3 Å². The van der Waals surface area contributed by atoms with Crippen molar-refractivity contribution in [1.82, 2.24) is 15.0 Å². The van der Waals surface area contributed by atoms with Gasteiger partial charge in [0.25, 0.3) is 0 Å². The summed E-state index contributed by atoms with van der Waals surface area (Å²) in [6.07, 6.45) is 7.02. The number of rotatable bonds is 3. The molecule has 2 aromatic heterocycles. The maximum Gasteiger partial charge on any atom is 0.147 e. The van der Waals surface area contributed by atoms with E-state index in [-0.39, 0.29) is 0 Å². The first-order valence-electron chi connectivity index (χ1n) is 8.81. The molecule has 0 saturated carbocycles. The molecule has 0 aliphatic carbocycles. The molecular formula is C18H22ClN5OS. The number of hydrogen-bond donors (Lipinski definition) is 1. The maximum atomic E-state index is 6.23. The lowest BCUT2D eigenvalue weighted by molar-refractivity contribution is 0.133. The van der Waals surface area contributed by atoms with Crippen LogP contribution >= 0.6 is 23.4 Å². The Morgan fingerprint density at radius 3 is 2.77 bits per heavy atom. The fourth-order valence-corrected chi connectivity index (χ4v) is 4.65. The Labute approximate surface area is 162 Å². The summed E-state index contributed by atoms with van der Waals surface area (Å²) in [5.74, 6) is 1.28. The number of nitrogen functional groups attached to an aromatic ring is 1. The van der Waals surface area contributed by atoms with Gasteiger partial charge in [-0.05, 0) is 37.7 Å². The average molecular weight is 392 g/mol. The summed E-state index contributed by atoms with van der Waals surface area (Å²) in [6, 6.07) is 1.84. The van der Waals surface area contributed by atoms with Gasteiger partial charge in [0.2, 0.25) is 0 Å². The summed E-state index contributed by atoms with van der Waals surface area (Å²) in [7, 11) is 0. The Bertz CT molecular complexity index is 802. The van der Waals surface area contributed by atoms with E-state index in [4.69, 9.17) is 27.1 Å². The number of nitrogens with two attached hydrogens (primary N) is 1. The van der Waals surface area contributed by atoms with E-state index in [2.05, 4.69) is 14.9 Å². The zero-order valence-electron chi connectivity index (χ0n) is 14.7. The number of hydrogen-bond acceptors (Lipinski definition) is 7. The van der Waals surface area contributed by atoms with E-state index in [1.165, 1.54) is 18.2 Å². The molecule has 138 valence electrons. The normalized spacial score (nSPS) is 19.2. The van der Waals surface area contributed by atoms with Gasteiger partial charge < -0.3 is 15.4 Å². The summed E-state index contributed by atoms with van der Waals surface area (Å²) < 4.78 is 5.61. The van der Waals surface area contributed by atoms with Gasteiger partial charge in [-0.2, -0.15) is 0 Å². The van der Waals surface area contributed by atoms with Crippen LogP contribution in [0.25, 0.3) is 0 Å². The van der Waals surface area contributed by atoms with E-state index in [0.717, 1.165) is 60.6 Å². The molecule has 0 radical (unpaired) electrons. The molecule has 2 aliphatic heterocycles. The van der Waals surface area contributed by atoms with Crippen molar-refractivity contribution in [1.29, 1.82) is 0 Å². The lowest BCUT2D eigenvalue weighted by Crippen LogP contribution is -2.41. The Kier molecular flexibility index (Phi) is 4.94. The molecule has 0 amide bonds. The van der Waals surface area contributed by atoms with Crippen molar-refractivity contribution in [2.75, 3.05) is 36.9 Å². The first-order chi connectivity index (χ1) is 12.6. The van der Waals surface area contributed by atoms with Gasteiger partial charge in [0, 0.05) is 30.8 Å². The highest BCUT2D eigenvalue weighted by Crippen LogP contribution is 2.40. The van der Waals surface area contributed by atoms with Gasteiger partial charge in [-0.3, -0.25) is 0 Å². The molecule has 2 fully saturated rings. The molecule has 2 saturated heterocycles. The number of nitrogens with zero attached hydrogens (tertiary/aromatic N) is 4. The van der Waals surface area contributed by atoms with Gasteiger partial charge >= 0.3 is 0 Å². The lowest BCUT2D eigenvalue weighted by Gasteiger charge is -2.38. The van der Waals surface area contributed by atoms with Gasteiger partial charge in [-0.1, -0.05) is 23.4 Å². The molecule has 0 unspecified atom stereocenters. The Morgan fingerprint density at radius 1 is 1.27 bits per heavy atom. The second-order valence-corrected chi connectivity index (χ2v) is 8.43. The summed E-state index contributed by atoms with van der Waals surface area (Å²) in [6.45, 7) is 5.82. The SMILES string of the molecule is Cc1nc(N2CCC3(CCOC3)CC2)cnc1Sc1ccnc(N)c1Cl. The van der Waals surface area contributed by atoms with Crippen LogP contribution in [0.5, 0.6) is 0 Å². The monoisotopic (exact) mass is 391 g/mol. The number of aromatic nitrogens is 3. The molecule has 0 atom stereocenters. The maximum absolute atomic E-state index is 6.23. The molecule has 6 nitrogen and oxygen atoms in total. The van der Waals surface area contributed by atoms with Crippen LogP contribution in [0.4, 0.5) is 11.6 Å². The van der Waals surface area contributed by atoms with E-state index >= 15 is 0 Å². The summed E-state index contributed by atoms with van der Waals surface area (Å²) in [5, 5.41) is 1.29. The number of pyridine rings is 1. The van der Waals surface area contributed by atoms with Crippen molar-refractivity contribution >= 4 is 35.0 Å². The minimum atomic E-state index is 0.331. The summed E-state index contributed by atoms with van der Waals surface area (Å²) in [5.41, 5.74) is 7.06. The quantitative estimate of drug-likeness (QED) is 0.856. The number of halogens is 1. The third-order valence-electron chi connectivity index (χ3n) is 5.31. The number of aryl methyl sites for hydroxylation is 1. The first-order valence-corrected chi connectivity index (χ1v) is 10.00. The standard InChI is InChI=1S/C18H22ClN5OS/c1-12-17(26-13-2-6-21-16(20)15(13)19)22-10-14(23-12)24-7-3-18(4-8-24)5-9-25-11-18/h2,6,10H,3-5,7-9,11H2,1H3,(H2,20,21). The third kappa shape index (κ3) is 3.48. The van der Waals surface area contributed by atoms with Crippen molar-refractivity contribution in [3.8, 4) is 0 Å². The van der Waals surface area contributed by atoms with Crippen LogP contribution in [0.1, 0.15) is 25.0 Å². The Hall–Kier alpha value is -1.57. The van der Waals surface area contributed by atoms with Crippen molar-refractivity contribution in [3.05, 3.63) is 29.2 Å². The van der Waals surface area contributed by atoms with Crippen LogP contribution in [0.15, 0.2) is 28.4 Å². The zero-order chi connectivity index (χ0) is 18.1. The van der Waals surface area contributed by atoms with Crippen LogP contribution in [0.2, 0.25) is 5.02 Å². The van der Waals surface area contributed by atoms with Gasteiger partial charge in [0.05, 0.1) is 23.5 Å². The molecule has 26 heavy (non-hydrogen) atoms. The molecule has 1 spiro atoms. The molecule has 4 rings (SSSR count). The molecular weight excluding hydrogens is 370 g/mol. The zero-order valence-corrected chi connectivity index (χ0v) is 16.3. The van der Waals surface area contributed by atoms with Gasteiger partial charge in [0.1, 0.15) is 16.7 Å². The number of ether oxygens (including phenoxy) is 1. The van der Waals surface area contributed by atoms with E-state index in [9.17, 15) is 0 Å². The van der Waals surface area contributed by atoms with Gasteiger partial charge in [0.15, 0.2) is 0 Å². The smallest absolute Gasteiger partial charge is 0.147 e. The molecule has 8 heteroatoms. The predicted molar refractivity (Wildman–Crippen MR) is 104 cm³/mol. The minimum Gasteiger partial charge on any atom is -0.382 e. The molecule has 0 bridgehead atoms. The minimum absolute atomic E-state index is 0.331. The van der Waals surface area contributed by atoms with Crippen molar-refractivity contribution < 1.29 is 4.74 Å². The predicted octanol–water partition coefficient (Wildman–Crippen LogP) is 3.57. The highest BCUT2D eigenvalue weighted by Gasteiger charge is 2.38. The van der Waals surface area contributed by atoms with Gasteiger partial charge in [-0.25, -0.2) is 15.0 Å².